The first-order valence-corrected chi connectivity index (χ1v) is 10.8. The van der Waals surface area contributed by atoms with Gasteiger partial charge in [-0.05, 0) is 60.8 Å². The van der Waals surface area contributed by atoms with Gasteiger partial charge in [0.2, 0.25) is 5.88 Å². The van der Waals surface area contributed by atoms with Gasteiger partial charge < -0.3 is 13.9 Å². The highest BCUT2D eigenvalue weighted by molar-refractivity contribution is 5.73. The minimum Gasteiger partial charge on any atom is -0.493 e. The molecule has 0 aliphatic carbocycles. The number of aromatic nitrogens is 3. The molecule has 162 valence electrons. The van der Waals surface area contributed by atoms with E-state index >= 15 is 0 Å². The Morgan fingerprint density at radius 1 is 1.12 bits per heavy atom. The van der Waals surface area contributed by atoms with E-state index in [0.29, 0.717) is 23.3 Å². The maximum absolute atomic E-state index is 5.93. The summed E-state index contributed by atoms with van der Waals surface area (Å²) in [5, 5.41) is 0. The molecule has 1 unspecified atom stereocenters. The number of pyridine rings is 1. The maximum Gasteiger partial charge on any atom is 0.219 e. The molecule has 3 aromatic heterocycles. The topological polar surface area (TPSA) is 51.9 Å². The van der Waals surface area contributed by atoms with Crippen molar-refractivity contribution in [2.45, 2.75) is 12.3 Å². The predicted molar refractivity (Wildman–Crippen MR) is 125 cm³/mol. The van der Waals surface area contributed by atoms with Crippen molar-refractivity contribution < 1.29 is 9.47 Å². The van der Waals surface area contributed by atoms with Gasteiger partial charge in [0.1, 0.15) is 0 Å². The van der Waals surface area contributed by atoms with E-state index in [4.69, 9.17) is 9.47 Å². The lowest BCUT2D eigenvalue weighted by atomic mass is 9.99. The van der Waals surface area contributed by atoms with E-state index < -0.39 is 0 Å². The summed E-state index contributed by atoms with van der Waals surface area (Å²) in [6.07, 6.45) is 8.58. The summed E-state index contributed by atoms with van der Waals surface area (Å²) in [4.78, 5) is 11.1. The Balaban J connectivity index is 1.51. The van der Waals surface area contributed by atoms with Gasteiger partial charge in [0.25, 0.3) is 0 Å². The third-order valence-electron chi connectivity index (χ3n) is 6.02. The normalized spacial score (nSPS) is 16.3. The fraction of sp³-hybridized carbons (Fsp3) is 0.231. The number of methoxy groups -OCH3 is 1. The van der Waals surface area contributed by atoms with E-state index in [-0.39, 0.29) is 0 Å². The summed E-state index contributed by atoms with van der Waals surface area (Å²) >= 11 is 0. The first-order valence-electron chi connectivity index (χ1n) is 10.8. The molecular formula is C26H26N4O2. The lowest BCUT2D eigenvalue weighted by molar-refractivity contribution is 0.372. The van der Waals surface area contributed by atoms with Crippen molar-refractivity contribution in [3.8, 4) is 28.6 Å². The van der Waals surface area contributed by atoms with E-state index in [1.807, 2.05) is 48.9 Å². The average Bonchev–Trinajstić information content (AvgIpc) is 3.45. The van der Waals surface area contributed by atoms with E-state index in [0.717, 1.165) is 37.3 Å². The highest BCUT2D eigenvalue weighted by atomic mass is 16.5. The molecule has 1 fully saturated rings. The molecule has 1 aliphatic heterocycles. The number of fused-ring (bicyclic) bond motifs is 1. The van der Waals surface area contributed by atoms with Crippen LogP contribution in [-0.4, -0.2) is 46.0 Å². The van der Waals surface area contributed by atoms with Crippen molar-refractivity contribution in [3.05, 3.63) is 85.5 Å². The van der Waals surface area contributed by atoms with Crippen LogP contribution in [0.4, 0.5) is 0 Å². The van der Waals surface area contributed by atoms with Crippen LogP contribution in [0.25, 0.3) is 16.8 Å². The van der Waals surface area contributed by atoms with E-state index in [1.165, 1.54) is 11.1 Å². The van der Waals surface area contributed by atoms with Crippen LogP contribution in [0.15, 0.2) is 79.9 Å². The fourth-order valence-corrected chi connectivity index (χ4v) is 4.50. The van der Waals surface area contributed by atoms with Crippen molar-refractivity contribution in [2.75, 3.05) is 26.7 Å². The van der Waals surface area contributed by atoms with Gasteiger partial charge in [-0.25, -0.2) is 9.97 Å². The van der Waals surface area contributed by atoms with Crippen LogP contribution in [0.1, 0.15) is 17.9 Å². The van der Waals surface area contributed by atoms with Gasteiger partial charge in [-0.15, -0.1) is 6.58 Å². The van der Waals surface area contributed by atoms with Gasteiger partial charge in [0, 0.05) is 37.1 Å². The molecule has 0 spiro atoms. The summed E-state index contributed by atoms with van der Waals surface area (Å²) in [7, 11) is 1.65. The third-order valence-corrected chi connectivity index (χ3v) is 6.02. The molecule has 5 rings (SSSR count). The lowest BCUT2D eigenvalue weighted by Gasteiger charge is -2.13. The first kappa shape index (κ1) is 20.3. The largest absolute Gasteiger partial charge is 0.493 e. The van der Waals surface area contributed by atoms with Crippen molar-refractivity contribution in [3.63, 3.8) is 0 Å². The van der Waals surface area contributed by atoms with E-state index in [2.05, 4.69) is 44.0 Å². The molecular weight excluding hydrogens is 400 g/mol. The van der Waals surface area contributed by atoms with Crippen LogP contribution in [0.3, 0.4) is 0 Å². The molecule has 1 aliphatic rings. The molecule has 0 saturated carbocycles. The Morgan fingerprint density at radius 3 is 2.88 bits per heavy atom. The van der Waals surface area contributed by atoms with Crippen LogP contribution in [0.2, 0.25) is 0 Å². The standard InChI is InChI=1S/C26H26N4O2/c1-3-13-29-14-10-20(17-29)21-16-23(30-18-27-12-9-22(21)30)19-7-8-24(25(15-19)31-2)32-26-6-4-5-11-28-26/h3-9,11-12,15-16,18,20H,1,10,13-14,17H2,2H3. The fourth-order valence-electron chi connectivity index (χ4n) is 4.50. The molecule has 4 heterocycles. The molecule has 6 nitrogen and oxygen atoms in total. The Labute approximate surface area is 187 Å². The highest BCUT2D eigenvalue weighted by Gasteiger charge is 2.26. The zero-order chi connectivity index (χ0) is 21.9. The van der Waals surface area contributed by atoms with Gasteiger partial charge in [0.15, 0.2) is 11.5 Å². The van der Waals surface area contributed by atoms with Gasteiger partial charge in [-0.1, -0.05) is 12.1 Å². The minimum atomic E-state index is 0.495. The monoisotopic (exact) mass is 426 g/mol. The number of hydrogen-bond donors (Lipinski definition) is 0. The molecule has 1 atom stereocenters. The zero-order valence-corrected chi connectivity index (χ0v) is 18.1. The van der Waals surface area contributed by atoms with Gasteiger partial charge in [0.05, 0.1) is 24.6 Å². The summed E-state index contributed by atoms with van der Waals surface area (Å²) < 4.78 is 13.7. The molecule has 32 heavy (non-hydrogen) atoms. The second-order valence-electron chi connectivity index (χ2n) is 7.99. The Morgan fingerprint density at radius 2 is 2.06 bits per heavy atom. The maximum atomic E-state index is 5.93. The summed E-state index contributed by atoms with van der Waals surface area (Å²) in [6.45, 7) is 6.97. The number of hydrogen-bond acceptors (Lipinski definition) is 5. The van der Waals surface area contributed by atoms with Gasteiger partial charge >= 0.3 is 0 Å². The van der Waals surface area contributed by atoms with Crippen molar-refractivity contribution in [1.82, 2.24) is 19.3 Å². The van der Waals surface area contributed by atoms with Crippen LogP contribution in [0, 0.1) is 0 Å². The Bertz CT molecular complexity index is 1240. The zero-order valence-electron chi connectivity index (χ0n) is 18.1. The van der Waals surface area contributed by atoms with Gasteiger partial charge in [-0.2, -0.15) is 0 Å². The second-order valence-corrected chi connectivity index (χ2v) is 7.99. The molecule has 1 aromatic carbocycles. The number of benzene rings is 1. The SMILES string of the molecule is C=CCN1CCC(c2cc(-c3ccc(Oc4ccccn4)c(OC)c3)n3cnccc23)C1. The Hall–Kier alpha value is -3.64. The van der Waals surface area contributed by atoms with Crippen LogP contribution >= 0.6 is 0 Å². The number of nitrogens with zero attached hydrogens (tertiary/aromatic N) is 4. The molecule has 0 N–H and O–H groups in total. The predicted octanol–water partition coefficient (Wildman–Crippen LogP) is 5.17. The van der Waals surface area contributed by atoms with Crippen LogP contribution < -0.4 is 9.47 Å². The number of likely N-dealkylation sites (tertiary alicyclic amines) is 1. The Kier molecular flexibility index (Phi) is 5.60. The third kappa shape index (κ3) is 3.85. The molecule has 0 amide bonds. The van der Waals surface area contributed by atoms with Crippen molar-refractivity contribution >= 4 is 5.52 Å². The molecule has 0 radical (unpaired) electrons. The summed E-state index contributed by atoms with van der Waals surface area (Å²) in [5.74, 6) is 2.31. The summed E-state index contributed by atoms with van der Waals surface area (Å²) in [5.41, 5.74) is 4.70. The van der Waals surface area contributed by atoms with Crippen LogP contribution in [-0.2, 0) is 0 Å². The number of ether oxygens (including phenoxy) is 2. The molecule has 1 saturated heterocycles. The van der Waals surface area contributed by atoms with E-state index in [9.17, 15) is 0 Å². The lowest BCUT2D eigenvalue weighted by Crippen LogP contribution is -2.19. The summed E-state index contributed by atoms with van der Waals surface area (Å²) in [6, 6.07) is 16.0. The van der Waals surface area contributed by atoms with Crippen molar-refractivity contribution in [1.29, 1.82) is 0 Å². The highest BCUT2D eigenvalue weighted by Crippen LogP contribution is 2.38. The van der Waals surface area contributed by atoms with Gasteiger partial charge in [-0.3, -0.25) is 4.90 Å². The van der Waals surface area contributed by atoms with E-state index in [1.54, 1.807) is 13.3 Å². The quantitative estimate of drug-likeness (QED) is 0.382. The minimum absolute atomic E-state index is 0.495. The first-order chi connectivity index (χ1) is 15.8. The smallest absolute Gasteiger partial charge is 0.219 e. The van der Waals surface area contributed by atoms with Crippen molar-refractivity contribution in [2.24, 2.45) is 0 Å². The van der Waals surface area contributed by atoms with Crippen LogP contribution in [0.5, 0.6) is 17.4 Å². The molecule has 0 bridgehead atoms. The number of rotatable bonds is 7. The molecule has 4 aromatic rings. The average molecular weight is 427 g/mol. The molecule has 6 heteroatoms. The second kappa shape index (κ2) is 8.85.